The van der Waals surface area contributed by atoms with Gasteiger partial charge in [0.2, 0.25) is 11.8 Å². The third-order valence-electron chi connectivity index (χ3n) is 4.17. The van der Waals surface area contributed by atoms with Crippen LogP contribution >= 0.6 is 0 Å². The lowest BCUT2D eigenvalue weighted by Crippen LogP contribution is -2.51. The molecule has 1 heterocycles. The summed E-state index contributed by atoms with van der Waals surface area (Å²) in [7, 11) is 1.55. The number of amides is 2. The van der Waals surface area contributed by atoms with E-state index in [1.165, 1.54) is 4.90 Å². The Morgan fingerprint density at radius 3 is 2.21 bits per heavy atom. The van der Waals surface area contributed by atoms with E-state index in [0.29, 0.717) is 19.3 Å². The van der Waals surface area contributed by atoms with Crippen molar-refractivity contribution in [1.82, 2.24) is 4.90 Å². The highest BCUT2D eigenvalue weighted by Crippen LogP contribution is 2.36. The molecule has 0 aromatic heterocycles. The average molecular weight is 265 g/mol. The van der Waals surface area contributed by atoms with Crippen molar-refractivity contribution in [2.45, 2.75) is 59.4 Å². The van der Waals surface area contributed by atoms with Crippen LogP contribution in [0.1, 0.15) is 53.9 Å². The summed E-state index contributed by atoms with van der Waals surface area (Å²) in [6.45, 7) is 9.38. The SMILES string of the molecule is BC(=O)C(C)(C)CC(C)(C)N1C(=O)CC(CC)C1=O. The Balaban J connectivity index is 2.98. The minimum Gasteiger partial charge on any atom is -0.311 e. The molecule has 1 unspecified atom stereocenters. The van der Waals surface area contributed by atoms with E-state index in [9.17, 15) is 14.4 Å². The lowest BCUT2D eigenvalue weighted by molar-refractivity contribution is -0.147. The van der Waals surface area contributed by atoms with Crippen LogP contribution in [0.4, 0.5) is 0 Å². The highest BCUT2D eigenvalue weighted by Gasteiger charge is 2.47. The van der Waals surface area contributed by atoms with E-state index < -0.39 is 11.0 Å². The van der Waals surface area contributed by atoms with Crippen molar-refractivity contribution in [1.29, 1.82) is 0 Å². The van der Waals surface area contributed by atoms with Gasteiger partial charge in [-0.3, -0.25) is 14.5 Å². The van der Waals surface area contributed by atoms with Gasteiger partial charge in [0.25, 0.3) is 0 Å². The Kier molecular flexibility index (Phi) is 4.28. The number of rotatable bonds is 5. The van der Waals surface area contributed by atoms with Crippen LogP contribution in [0, 0.1) is 11.3 Å². The minimum absolute atomic E-state index is 0.0757. The molecule has 0 spiro atoms. The van der Waals surface area contributed by atoms with Gasteiger partial charge in [-0.05, 0) is 26.7 Å². The molecule has 0 saturated carbocycles. The van der Waals surface area contributed by atoms with Gasteiger partial charge in [-0.2, -0.15) is 0 Å². The maximum Gasteiger partial charge on any atom is 0.233 e. The van der Waals surface area contributed by atoms with Gasteiger partial charge < -0.3 is 4.79 Å². The first kappa shape index (κ1) is 15.9. The molecule has 0 aromatic carbocycles. The van der Waals surface area contributed by atoms with Gasteiger partial charge in [-0.25, -0.2) is 0 Å². The maximum absolute atomic E-state index is 12.3. The van der Waals surface area contributed by atoms with Gasteiger partial charge >= 0.3 is 0 Å². The van der Waals surface area contributed by atoms with Crippen molar-refractivity contribution in [2.75, 3.05) is 0 Å². The molecule has 1 saturated heterocycles. The molecule has 0 aliphatic carbocycles. The van der Waals surface area contributed by atoms with Crippen molar-refractivity contribution in [3.8, 4) is 0 Å². The van der Waals surface area contributed by atoms with Gasteiger partial charge in [0.1, 0.15) is 0 Å². The highest BCUT2D eigenvalue weighted by atomic mass is 16.2. The van der Waals surface area contributed by atoms with E-state index >= 15 is 0 Å². The number of hydrogen-bond donors (Lipinski definition) is 0. The molecule has 19 heavy (non-hydrogen) atoms. The number of hydrogen-bond acceptors (Lipinski definition) is 3. The molecule has 1 fully saturated rings. The van der Waals surface area contributed by atoms with Crippen molar-refractivity contribution >= 4 is 25.3 Å². The lowest BCUT2D eigenvalue weighted by atomic mass is 9.70. The third-order valence-corrected chi connectivity index (χ3v) is 4.17. The molecule has 0 aromatic rings. The average Bonchev–Trinajstić information content (AvgIpc) is 2.52. The molecular weight excluding hydrogens is 241 g/mol. The van der Waals surface area contributed by atoms with Crippen LogP contribution in [0.3, 0.4) is 0 Å². The van der Waals surface area contributed by atoms with Crippen molar-refractivity contribution < 1.29 is 14.4 Å². The first-order valence-electron chi connectivity index (χ1n) is 6.91. The smallest absolute Gasteiger partial charge is 0.233 e. The number of likely N-dealkylation sites (tertiary alicyclic amines) is 1. The summed E-state index contributed by atoms with van der Waals surface area (Å²) in [6.07, 6.45) is 1.48. The summed E-state index contributed by atoms with van der Waals surface area (Å²) in [4.78, 5) is 37.4. The summed E-state index contributed by atoms with van der Waals surface area (Å²) in [5, 5.41) is 0. The second kappa shape index (κ2) is 5.10. The second-order valence-electron chi connectivity index (χ2n) is 6.81. The molecule has 0 radical (unpaired) electrons. The minimum atomic E-state index is -0.618. The van der Waals surface area contributed by atoms with Crippen molar-refractivity contribution in [3.63, 3.8) is 0 Å². The topological polar surface area (TPSA) is 54.5 Å². The normalized spacial score (nSPS) is 21.1. The molecule has 1 aliphatic heterocycles. The molecule has 0 bridgehead atoms. The Bertz CT molecular complexity index is 415. The summed E-state index contributed by atoms with van der Waals surface area (Å²) in [5.74, 6) is -0.384. The van der Waals surface area contributed by atoms with Crippen LogP contribution in [-0.2, 0) is 14.4 Å². The zero-order valence-corrected chi connectivity index (χ0v) is 12.9. The van der Waals surface area contributed by atoms with Crippen LogP contribution in [-0.4, -0.2) is 35.8 Å². The van der Waals surface area contributed by atoms with Gasteiger partial charge in [0.05, 0.1) is 5.68 Å². The highest BCUT2D eigenvalue weighted by molar-refractivity contribution is 6.58. The molecule has 1 aliphatic rings. The monoisotopic (exact) mass is 265 g/mol. The fraction of sp³-hybridized carbons (Fsp3) is 0.786. The van der Waals surface area contributed by atoms with Crippen LogP contribution < -0.4 is 0 Å². The van der Waals surface area contributed by atoms with E-state index in [-0.39, 0.29) is 23.4 Å². The van der Waals surface area contributed by atoms with Crippen molar-refractivity contribution in [2.24, 2.45) is 11.3 Å². The molecule has 1 atom stereocenters. The molecule has 0 N–H and O–H groups in total. The molecule has 1 rings (SSSR count). The predicted octanol–water partition coefficient (Wildman–Crippen LogP) is 1.13. The summed E-state index contributed by atoms with van der Waals surface area (Å²) in [6, 6.07) is 0. The largest absolute Gasteiger partial charge is 0.311 e. The second-order valence-corrected chi connectivity index (χ2v) is 6.81. The molecule has 106 valence electrons. The number of imide groups is 1. The summed E-state index contributed by atoms with van der Waals surface area (Å²) < 4.78 is 0. The first-order valence-corrected chi connectivity index (χ1v) is 6.91. The quantitative estimate of drug-likeness (QED) is 0.553. The first-order chi connectivity index (χ1) is 8.53. The maximum atomic E-state index is 12.3. The van der Waals surface area contributed by atoms with Gasteiger partial charge in [0, 0.05) is 23.3 Å². The van der Waals surface area contributed by atoms with E-state index in [0.717, 1.165) is 0 Å². The van der Waals surface area contributed by atoms with Crippen LogP contribution in [0.25, 0.3) is 0 Å². The van der Waals surface area contributed by atoms with Crippen LogP contribution in [0.2, 0.25) is 0 Å². The Hall–Kier alpha value is -1.13. The van der Waals surface area contributed by atoms with Crippen LogP contribution in [0.15, 0.2) is 0 Å². The number of carbonyl (C=O) groups excluding carboxylic acids is 3. The molecule has 4 nitrogen and oxygen atoms in total. The Morgan fingerprint density at radius 2 is 1.84 bits per heavy atom. The van der Waals surface area contributed by atoms with Crippen LogP contribution in [0.5, 0.6) is 0 Å². The zero-order chi connectivity index (χ0) is 15.0. The van der Waals surface area contributed by atoms with Gasteiger partial charge in [-0.15, -0.1) is 0 Å². The summed E-state index contributed by atoms with van der Waals surface area (Å²) >= 11 is 0. The fourth-order valence-electron chi connectivity index (χ4n) is 2.93. The predicted molar refractivity (Wildman–Crippen MR) is 76.3 cm³/mol. The number of carbonyl (C=O) groups is 3. The summed E-state index contributed by atoms with van der Waals surface area (Å²) in [5.41, 5.74) is -1.08. The van der Waals surface area contributed by atoms with E-state index in [1.807, 2.05) is 34.6 Å². The molecule has 2 amide bonds. The van der Waals surface area contributed by atoms with E-state index in [2.05, 4.69) is 0 Å². The van der Waals surface area contributed by atoms with E-state index in [4.69, 9.17) is 0 Å². The fourth-order valence-corrected chi connectivity index (χ4v) is 2.93. The molecular formula is C14H24BNO3. The number of nitrogens with zero attached hydrogens (tertiary/aromatic N) is 1. The molecule has 5 heteroatoms. The Morgan fingerprint density at radius 1 is 1.32 bits per heavy atom. The van der Waals surface area contributed by atoms with Gasteiger partial charge in [-0.1, -0.05) is 20.8 Å². The third kappa shape index (κ3) is 3.07. The standard InChI is InChI=1S/C14H24BNO3/c1-6-9-7-10(17)16(11(9)18)14(4,5)8-13(2,3)12(15)19/h9H,6-8,15H2,1-5H3. The van der Waals surface area contributed by atoms with Gasteiger partial charge in [0.15, 0.2) is 7.85 Å². The lowest BCUT2D eigenvalue weighted by Gasteiger charge is -2.39. The Labute approximate surface area is 116 Å². The zero-order valence-electron chi connectivity index (χ0n) is 12.9. The van der Waals surface area contributed by atoms with E-state index in [1.54, 1.807) is 7.85 Å². The van der Waals surface area contributed by atoms with Crippen molar-refractivity contribution in [3.05, 3.63) is 0 Å².